The van der Waals surface area contributed by atoms with Crippen LogP contribution in [0.5, 0.6) is 0 Å². The standard InChI is InChI=1S/C18H13N3O3/c1-12-10-18(22)20-16-5-3-2-4-14(16)11-17(19(12)20)13-6-8-15(9-7-13)21(23)24/h2-11H,1H3. The van der Waals surface area contributed by atoms with Crippen molar-refractivity contribution in [3.8, 4) is 11.3 Å². The zero-order valence-corrected chi connectivity index (χ0v) is 12.8. The molecule has 0 aliphatic heterocycles. The number of aryl methyl sites for hydroxylation is 1. The number of aromatic nitrogens is 2. The highest BCUT2D eigenvalue weighted by Gasteiger charge is 2.13. The third-order valence-corrected chi connectivity index (χ3v) is 4.13. The third-order valence-electron chi connectivity index (χ3n) is 4.13. The van der Waals surface area contributed by atoms with Gasteiger partial charge in [0, 0.05) is 34.8 Å². The van der Waals surface area contributed by atoms with Gasteiger partial charge in [-0.3, -0.25) is 14.9 Å². The summed E-state index contributed by atoms with van der Waals surface area (Å²) in [6.07, 6.45) is 0. The number of hydrogen-bond acceptors (Lipinski definition) is 3. The summed E-state index contributed by atoms with van der Waals surface area (Å²) >= 11 is 0. The number of fused-ring (bicyclic) bond motifs is 3. The molecule has 0 radical (unpaired) electrons. The first kappa shape index (κ1) is 14.2. The molecule has 2 aromatic heterocycles. The van der Waals surface area contributed by atoms with Gasteiger partial charge in [-0.25, -0.2) is 9.03 Å². The summed E-state index contributed by atoms with van der Waals surface area (Å²) in [7, 11) is 0. The first-order chi connectivity index (χ1) is 11.6. The summed E-state index contributed by atoms with van der Waals surface area (Å²) in [6, 6.07) is 17.6. The van der Waals surface area contributed by atoms with E-state index in [9.17, 15) is 14.9 Å². The molecule has 2 heterocycles. The normalized spacial score (nSPS) is 11.2. The molecule has 0 aliphatic carbocycles. The van der Waals surface area contributed by atoms with Crippen LogP contribution in [0.4, 0.5) is 5.69 Å². The van der Waals surface area contributed by atoms with E-state index in [1.54, 1.807) is 22.7 Å². The second kappa shape index (κ2) is 5.06. The summed E-state index contributed by atoms with van der Waals surface area (Å²) < 4.78 is 3.47. The lowest BCUT2D eigenvalue weighted by molar-refractivity contribution is -0.384. The molecule has 0 unspecified atom stereocenters. The van der Waals surface area contributed by atoms with E-state index in [4.69, 9.17) is 0 Å². The molecule has 4 aromatic rings. The molecule has 6 nitrogen and oxygen atoms in total. The van der Waals surface area contributed by atoms with Gasteiger partial charge in [0.05, 0.1) is 16.1 Å². The fourth-order valence-corrected chi connectivity index (χ4v) is 3.05. The second-order valence-corrected chi connectivity index (χ2v) is 5.64. The maximum atomic E-state index is 12.4. The Kier molecular flexibility index (Phi) is 2.99. The van der Waals surface area contributed by atoms with Gasteiger partial charge in [-0.15, -0.1) is 0 Å². The molecule has 0 aliphatic rings. The highest BCUT2D eigenvalue weighted by Crippen LogP contribution is 2.26. The van der Waals surface area contributed by atoms with E-state index in [0.29, 0.717) is 0 Å². The monoisotopic (exact) mass is 319 g/mol. The number of nitro groups is 1. The molecule has 0 bridgehead atoms. The Bertz CT molecular complexity index is 1150. The molecular formula is C18H13N3O3. The molecule has 0 spiro atoms. The molecule has 4 rings (SSSR count). The Morgan fingerprint density at radius 3 is 2.38 bits per heavy atom. The van der Waals surface area contributed by atoms with E-state index < -0.39 is 4.92 Å². The van der Waals surface area contributed by atoms with Crippen LogP contribution in [0.15, 0.2) is 65.5 Å². The number of benzene rings is 2. The molecule has 0 amide bonds. The highest BCUT2D eigenvalue weighted by molar-refractivity contribution is 5.83. The highest BCUT2D eigenvalue weighted by atomic mass is 16.6. The number of non-ortho nitro benzene ring substituents is 1. The van der Waals surface area contributed by atoms with Gasteiger partial charge < -0.3 is 0 Å². The van der Waals surface area contributed by atoms with Crippen LogP contribution in [-0.4, -0.2) is 14.0 Å². The SMILES string of the molecule is Cc1cc(=O)n2c3ccccc3cc(-c3ccc([N+](=O)[O-])cc3)n12. The minimum Gasteiger partial charge on any atom is -0.267 e. The number of para-hydroxylation sites is 1. The largest absolute Gasteiger partial charge is 0.271 e. The van der Waals surface area contributed by atoms with Crippen LogP contribution in [-0.2, 0) is 0 Å². The summed E-state index contributed by atoms with van der Waals surface area (Å²) in [5.74, 6) is 0. The van der Waals surface area contributed by atoms with Crippen LogP contribution in [0, 0.1) is 17.0 Å². The van der Waals surface area contributed by atoms with Gasteiger partial charge in [0.25, 0.3) is 11.2 Å². The van der Waals surface area contributed by atoms with Crippen LogP contribution in [0.1, 0.15) is 5.69 Å². The minimum atomic E-state index is -0.425. The van der Waals surface area contributed by atoms with E-state index in [-0.39, 0.29) is 11.2 Å². The number of rotatable bonds is 2. The van der Waals surface area contributed by atoms with E-state index >= 15 is 0 Å². The van der Waals surface area contributed by atoms with Gasteiger partial charge >= 0.3 is 0 Å². The van der Waals surface area contributed by atoms with Crippen molar-refractivity contribution in [3.63, 3.8) is 0 Å². The molecule has 0 N–H and O–H groups in total. The van der Waals surface area contributed by atoms with Crippen molar-refractivity contribution in [1.82, 2.24) is 9.03 Å². The zero-order chi connectivity index (χ0) is 16.8. The van der Waals surface area contributed by atoms with Gasteiger partial charge in [0.1, 0.15) is 0 Å². The third kappa shape index (κ3) is 2.00. The molecule has 0 fully saturated rings. The Balaban J connectivity index is 2.10. The van der Waals surface area contributed by atoms with Crippen LogP contribution in [0.3, 0.4) is 0 Å². The van der Waals surface area contributed by atoms with E-state index in [1.807, 2.05) is 41.8 Å². The molecule has 6 heteroatoms. The van der Waals surface area contributed by atoms with Gasteiger partial charge in [-0.1, -0.05) is 18.2 Å². The predicted molar refractivity (Wildman–Crippen MR) is 91.4 cm³/mol. The minimum absolute atomic E-state index is 0.0391. The molecule has 24 heavy (non-hydrogen) atoms. The van der Waals surface area contributed by atoms with Crippen LogP contribution in [0.25, 0.3) is 22.2 Å². The quantitative estimate of drug-likeness (QED) is 0.420. The fourth-order valence-electron chi connectivity index (χ4n) is 3.05. The first-order valence-corrected chi connectivity index (χ1v) is 7.44. The van der Waals surface area contributed by atoms with Gasteiger partial charge in [-0.2, -0.15) is 0 Å². The van der Waals surface area contributed by atoms with Crippen molar-refractivity contribution >= 4 is 16.6 Å². The van der Waals surface area contributed by atoms with Crippen molar-refractivity contribution < 1.29 is 4.92 Å². The zero-order valence-electron chi connectivity index (χ0n) is 12.8. The van der Waals surface area contributed by atoms with E-state index in [2.05, 4.69) is 0 Å². The Labute approximate surface area is 136 Å². The second-order valence-electron chi connectivity index (χ2n) is 5.64. The number of nitrogens with zero attached hydrogens (tertiary/aromatic N) is 3. The fraction of sp³-hybridized carbons (Fsp3) is 0.0556. The summed E-state index contributed by atoms with van der Waals surface area (Å²) in [4.78, 5) is 22.8. The Morgan fingerprint density at radius 1 is 0.958 bits per heavy atom. The van der Waals surface area contributed by atoms with E-state index in [0.717, 1.165) is 27.9 Å². The number of nitro benzene ring substituents is 1. The van der Waals surface area contributed by atoms with Crippen molar-refractivity contribution in [2.75, 3.05) is 0 Å². The number of hydrogen-bond donors (Lipinski definition) is 0. The van der Waals surface area contributed by atoms with Gasteiger partial charge in [-0.05, 0) is 31.2 Å². The first-order valence-electron chi connectivity index (χ1n) is 7.44. The lowest BCUT2D eigenvalue weighted by Crippen LogP contribution is -2.13. The summed E-state index contributed by atoms with van der Waals surface area (Å²) in [5.41, 5.74) is 3.18. The summed E-state index contributed by atoms with van der Waals surface area (Å²) in [6.45, 7) is 1.87. The predicted octanol–water partition coefficient (Wildman–Crippen LogP) is 3.44. The molecule has 0 atom stereocenters. The van der Waals surface area contributed by atoms with Crippen molar-refractivity contribution in [2.45, 2.75) is 6.92 Å². The lowest BCUT2D eigenvalue weighted by atomic mass is 10.1. The maximum absolute atomic E-state index is 12.4. The molecule has 0 saturated carbocycles. The Morgan fingerprint density at radius 2 is 1.67 bits per heavy atom. The molecular weight excluding hydrogens is 306 g/mol. The molecule has 118 valence electrons. The van der Waals surface area contributed by atoms with Crippen molar-refractivity contribution in [3.05, 3.63) is 86.8 Å². The maximum Gasteiger partial charge on any atom is 0.271 e. The molecule has 2 aromatic carbocycles. The molecule has 0 saturated heterocycles. The van der Waals surface area contributed by atoms with Crippen LogP contribution < -0.4 is 5.56 Å². The smallest absolute Gasteiger partial charge is 0.267 e. The van der Waals surface area contributed by atoms with Crippen LogP contribution >= 0.6 is 0 Å². The van der Waals surface area contributed by atoms with Crippen LogP contribution in [0.2, 0.25) is 0 Å². The van der Waals surface area contributed by atoms with Gasteiger partial charge in [0.15, 0.2) is 0 Å². The Hall–Kier alpha value is -3.41. The average molecular weight is 319 g/mol. The summed E-state index contributed by atoms with van der Waals surface area (Å²) in [5, 5.41) is 11.8. The average Bonchev–Trinajstić information content (AvgIpc) is 2.89. The van der Waals surface area contributed by atoms with Crippen molar-refractivity contribution in [2.24, 2.45) is 0 Å². The van der Waals surface area contributed by atoms with Gasteiger partial charge in [0.2, 0.25) is 0 Å². The van der Waals surface area contributed by atoms with E-state index in [1.165, 1.54) is 12.1 Å². The topological polar surface area (TPSA) is 69.0 Å². The van der Waals surface area contributed by atoms with Crippen molar-refractivity contribution in [1.29, 1.82) is 0 Å². The lowest BCUT2D eigenvalue weighted by Gasteiger charge is -2.12.